The quantitative estimate of drug-likeness (QED) is 0.0261. The van der Waals surface area contributed by atoms with Gasteiger partial charge in [0.05, 0.1) is 0 Å². The summed E-state index contributed by atoms with van der Waals surface area (Å²) in [4.78, 5) is 38.2. The maximum absolute atomic E-state index is 12.9. The normalized spacial score (nSPS) is 13.0. The Morgan fingerprint density at radius 3 is 0.892 bits per heavy atom. The van der Waals surface area contributed by atoms with Crippen molar-refractivity contribution in [3.63, 3.8) is 0 Å². The van der Waals surface area contributed by atoms with Gasteiger partial charge in [0.15, 0.2) is 6.10 Å². The molecule has 0 aliphatic heterocycles. The van der Waals surface area contributed by atoms with Crippen LogP contribution in [0.4, 0.5) is 0 Å². The predicted molar refractivity (Wildman–Crippen MR) is 320 cm³/mol. The minimum atomic E-state index is -0.804. The SMILES string of the molecule is CC/C=C\C/C=C\C/C=C\C/C=C\C/C=C\C/C=C\C/C=C\C/C=C\CCCCC(=O)OCC(COC(=O)CCCCCCC/C=C\C/C=C\CCCC)OC(=O)CCCCCCCCCCCCCCCCC. The number of ether oxygens (including phenoxy) is 3. The van der Waals surface area contributed by atoms with Crippen LogP contribution in [0.25, 0.3) is 0 Å². The fraction of sp³-hybridized carbons (Fsp3) is 0.662. The minimum absolute atomic E-state index is 0.0997. The summed E-state index contributed by atoms with van der Waals surface area (Å²) in [6, 6.07) is 0. The van der Waals surface area contributed by atoms with Crippen LogP contribution in [0, 0.1) is 0 Å². The number of unbranched alkanes of at least 4 members (excludes halogenated alkanes) is 23. The molecule has 0 aliphatic carbocycles. The van der Waals surface area contributed by atoms with Gasteiger partial charge in [-0.3, -0.25) is 14.4 Å². The van der Waals surface area contributed by atoms with Crippen LogP contribution in [0.2, 0.25) is 0 Å². The molecule has 0 saturated carbocycles. The minimum Gasteiger partial charge on any atom is -0.462 e. The van der Waals surface area contributed by atoms with Gasteiger partial charge in [0.2, 0.25) is 0 Å². The van der Waals surface area contributed by atoms with E-state index in [1.54, 1.807) is 0 Å². The molecule has 0 fully saturated rings. The highest BCUT2D eigenvalue weighted by Gasteiger charge is 2.19. The smallest absolute Gasteiger partial charge is 0.306 e. The summed E-state index contributed by atoms with van der Waals surface area (Å²) in [6.45, 7) is 6.45. The van der Waals surface area contributed by atoms with Crippen molar-refractivity contribution in [2.75, 3.05) is 13.2 Å². The van der Waals surface area contributed by atoms with E-state index < -0.39 is 6.10 Å². The topological polar surface area (TPSA) is 78.9 Å². The molecular weight excluding hydrogens is 913 g/mol. The van der Waals surface area contributed by atoms with Crippen molar-refractivity contribution in [2.24, 2.45) is 0 Å². The molecule has 0 aromatic heterocycles. The number of esters is 3. The Bertz CT molecular complexity index is 1550. The largest absolute Gasteiger partial charge is 0.462 e. The number of rotatable bonds is 54. The van der Waals surface area contributed by atoms with Crippen molar-refractivity contribution in [3.8, 4) is 0 Å². The van der Waals surface area contributed by atoms with E-state index >= 15 is 0 Å². The van der Waals surface area contributed by atoms with Gasteiger partial charge in [0.25, 0.3) is 0 Å². The average Bonchev–Trinajstić information content (AvgIpc) is 3.40. The van der Waals surface area contributed by atoms with E-state index in [0.717, 1.165) is 128 Å². The fourth-order valence-corrected chi connectivity index (χ4v) is 8.12. The van der Waals surface area contributed by atoms with Crippen molar-refractivity contribution in [1.82, 2.24) is 0 Å². The highest BCUT2D eigenvalue weighted by molar-refractivity contribution is 5.71. The van der Waals surface area contributed by atoms with Gasteiger partial charge in [-0.15, -0.1) is 0 Å². The summed E-state index contributed by atoms with van der Waals surface area (Å²) >= 11 is 0. The molecule has 0 radical (unpaired) electrons. The molecule has 0 N–H and O–H groups in total. The number of allylic oxidation sites excluding steroid dienone is 20. The van der Waals surface area contributed by atoms with Gasteiger partial charge in [0.1, 0.15) is 13.2 Å². The Hall–Kier alpha value is -4.19. The van der Waals surface area contributed by atoms with Crippen molar-refractivity contribution < 1.29 is 28.6 Å². The second-order valence-corrected chi connectivity index (χ2v) is 19.9. The van der Waals surface area contributed by atoms with Crippen LogP contribution >= 0.6 is 0 Å². The molecule has 1 unspecified atom stereocenters. The third kappa shape index (κ3) is 58.7. The molecule has 74 heavy (non-hydrogen) atoms. The van der Waals surface area contributed by atoms with Crippen molar-refractivity contribution in [3.05, 3.63) is 122 Å². The van der Waals surface area contributed by atoms with Gasteiger partial charge in [-0.05, 0) is 109 Å². The lowest BCUT2D eigenvalue weighted by atomic mass is 10.0. The first-order chi connectivity index (χ1) is 36.5. The summed E-state index contributed by atoms with van der Waals surface area (Å²) in [5.74, 6) is -0.954. The third-order valence-corrected chi connectivity index (χ3v) is 12.7. The van der Waals surface area contributed by atoms with Gasteiger partial charge in [-0.2, -0.15) is 0 Å². The van der Waals surface area contributed by atoms with Crippen LogP contribution in [-0.4, -0.2) is 37.2 Å². The average molecular weight is 1030 g/mol. The second-order valence-electron chi connectivity index (χ2n) is 19.9. The van der Waals surface area contributed by atoms with Gasteiger partial charge in [-0.25, -0.2) is 0 Å². The zero-order valence-electron chi connectivity index (χ0n) is 48.1. The van der Waals surface area contributed by atoms with Gasteiger partial charge in [0, 0.05) is 19.3 Å². The van der Waals surface area contributed by atoms with E-state index in [1.807, 2.05) is 0 Å². The Morgan fingerprint density at radius 2 is 0.541 bits per heavy atom. The molecule has 6 heteroatoms. The predicted octanol–water partition coefficient (Wildman–Crippen LogP) is 20.8. The molecule has 0 amide bonds. The standard InChI is InChI=1S/C68H112O6/c1-4-7-10-13-16-19-22-25-28-29-30-31-32-33-34-35-36-37-38-39-41-43-46-49-52-55-58-61-67(70)73-64-65(63-72-66(69)60-57-54-51-48-45-42-27-24-21-18-15-12-9-6-3)74-68(71)62-59-56-53-50-47-44-40-26-23-20-17-14-11-8-5-2/h7,10,15-16,18-19,24-25,27-28,30-31,33-34,36-37,39,41,46,49,65H,4-6,8-9,11-14,17,20-23,26,29,32,35,38,40,42-45,47-48,50-64H2,1-3H3/b10-7-,18-15-,19-16-,27-24-,28-25-,31-30-,34-33-,37-36-,41-39-,49-46-. The first-order valence-electron chi connectivity index (χ1n) is 30.5. The van der Waals surface area contributed by atoms with Crippen LogP contribution in [0.3, 0.4) is 0 Å². The Kier molecular flexibility index (Phi) is 57.9. The highest BCUT2D eigenvalue weighted by Crippen LogP contribution is 2.15. The molecular formula is C68H112O6. The van der Waals surface area contributed by atoms with E-state index in [4.69, 9.17) is 14.2 Å². The lowest BCUT2D eigenvalue weighted by Gasteiger charge is -2.18. The first-order valence-corrected chi connectivity index (χ1v) is 30.5. The van der Waals surface area contributed by atoms with Crippen LogP contribution in [0.1, 0.15) is 271 Å². The zero-order valence-corrected chi connectivity index (χ0v) is 48.1. The number of carbonyl (C=O) groups is 3. The van der Waals surface area contributed by atoms with Crippen LogP contribution < -0.4 is 0 Å². The Labute approximate surface area is 456 Å². The Balaban J connectivity index is 4.44. The zero-order chi connectivity index (χ0) is 53.6. The number of hydrogen-bond donors (Lipinski definition) is 0. The van der Waals surface area contributed by atoms with E-state index in [-0.39, 0.29) is 31.1 Å². The summed E-state index contributed by atoms with van der Waals surface area (Å²) < 4.78 is 16.8. The lowest BCUT2D eigenvalue weighted by Crippen LogP contribution is -2.30. The van der Waals surface area contributed by atoms with Crippen LogP contribution in [0.5, 0.6) is 0 Å². The summed E-state index contributed by atoms with van der Waals surface area (Å²) in [6.07, 6.45) is 84.8. The van der Waals surface area contributed by atoms with E-state index in [0.29, 0.717) is 25.7 Å². The number of hydrogen-bond acceptors (Lipinski definition) is 6. The lowest BCUT2D eigenvalue weighted by molar-refractivity contribution is -0.167. The third-order valence-electron chi connectivity index (χ3n) is 12.7. The van der Waals surface area contributed by atoms with Gasteiger partial charge < -0.3 is 14.2 Å². The van der Waals surface area contributed by atoms with Gasteiger partial charge >= 0.3 is 17.9 Å². The van der Waals surface area contributed by atoms with Crippen LogP contribution in [0.15, 0.2) is 122 Å². The van der Waals surface area contributed by atoms with Gasteiger partial charge in [-0.1, -0.05) is 264 Å². The maximum atomic E-state index is 12.9. The molecule has 0 rings (SSSR count). The maximum Gasteiger partial charge on any atom is 0.306 e. The number of carbonyl (C=O) groups excluding carboxylic acids is 3. The summed E-state index contributed by atoms with van der Waals surface area (Å²) in [7, 11) is 0. The van der Waals surface area contributed by atoms with Crippen molar-refractivity contribution in [2.45, 2.75) is 277 Å². The molecule has 0 aliphatic rings. The molecule has 420 valence electrons. The molecule has 0 heterocycles. The van der Waals surface area contributed by atoms with Crippen molar-refractivity contribution in [1.29, 1.82) is 0 Å². The summed E-state index contributed by atoms with van der Waals surface area (Å²) in [5, 5.41) is 0. The first kappa shape index (κ1) is 69.8. The summed E-state index contributed by atoms with van der Waals surface area (Å²) in [5.41, 5.74) is 0. The van der Waals surface area contributed by atoms with Crippen molar-refractivity contribution >= 4 is 17.9 Å². The monoisotopic (exact) mass is 1020 g/mol. The molecule has 0 aromatic carbocycles. The Morgan fingerprint density at radius 1 is 0.284 bits per heavy atom. The molecule has 0 saturated heterocycles. The molecule has 1 atom stereocenters. The van der Waals surface area contributed by atoms with E-state index in [2.05, 4.69) is 142 Å². The van der Waals surface area contributed by atoms with E-state index in [1.165, 1.54) is 96.3 Å². The molecule has 0 spiro atoms. The highest BCUT2D eigenvalue weighted by atomic mass is 16.6. The fourth-order valence-electron chi connectivity index (χ4n) is 8.12. The second kappa shape index (κ2) is 61.4. The van der Waals surface area contributed by atoms with E-state index in [9.17, 15) is 14.4 Å². The molecule has 0 aromatic rings. The molecule has 0 bridgehead atoms. The van der Waals surface area contributed by atoms with Crippen LogP contribution in [-0.2, 0) is 28.6 Å². The molecule has 6 nitrogen and oxygen atoms in total.